The van der Waals surface area contributed by atoms with E-state index in [9.17, 15) is 0 Å². The molecule has 0 aromatic carbocycles. The number of hydrogen-bond acceptors (Lipinski definition) is 3. The van der Waals surface area contributed by atoms with E-state index in [1.165, 1.54) is 5.00 Å². The zero-order chi connectivity index (χ0) is 9.19. The molecule has 0 radical (unpaired) electrons. The lowest BCUT2D eigenvalue weighted by molar-refractivity contribution is 0.501. The van der Waals surface area contributed by atoms with Gasteiger partial charge in [-0.25, -0.2) is 0 Å². The van der Waals surface area contributed by atoms with Gasteiger partial charge in [-0.3, -0.25) is 0 Å². The molecule has 0 aliphatic carbocycles. The predicted molar refractivity (Wildman–Crippen MR) is 55.9 cm³/mol. The van der Waals surface area contributed by atoms with Crippen LogP contribution in [-0.2, 0) is 0 Å². The minimum absolute atomic E-state index is 0.0465. The highest BCUT2D eigenvalue weighted by atomic mass is 32.1. The molecule has 0 amide bonds. The number of nitrogens with two attached hydrogens (primary N) is 1. The zero-order valence-electron chi connectivity index (χ0n) is 7.87. The number of anilines is 1. The summed E-state index contributed by atoms with van der Waals surface area (Å²) in [5, 5.41) is 3.35. The van der Waals surface area contributed by atoms with Crippen LogP contribution < -0.4 is 10.6 Å². The lowest BCUT2D eigenvalue weighted by atomic mass is 10.0. The molecule has 1 aromatic heterocycles. The molecule has 0 atom stereocenters. The first kappa shape index (κ1) is 9.55. The van der Waals surface area contributed by atoms with E-state index in [1.807, 2.05) is 0 Å². The van der Waals surface area contributed by atoms with E-state index >= 15 is 0 Å². The van der Waals surface area contributed by atoms with Gasteiger partial charge in [0.15, 0.2) is 0 Å². The second-order valence-corrected chi connectivity index (χ2v) is 4.45. The van der Waals surface area contributed by atoms with Crippen molar-refractivity contribution in [3.05, 3.63) is 17.5 Å². The molecule has 0 bridgehead atoms. The molecule has 0 aliphatic heterocycles. The van der Waals surface area contributed by atoms with Crippen molar-refractivity contribution in [1.29, 1.82) is 0 Å². The number of likely N-dealkylation sites (N-methyl/N-ethyl adjacent to an activating group) is 1. The fourth-order valence-electron chi connectivity index (χ4n) is 0.896. The van der Waals surface area contributed by atoms with E-state index in [0.717, 1.165) is 0 Å². The van der Waals surface area contributed by atoms with Crippen LogP contribution in [-0.4, -0.2) is 19.1 Å². The first-order chi connectivity index (χ1) is 5.58. The average molecular weight is 184 g/mol. The Bertz CT molecular complexity index is 229. The van der Waals surface area contributed by atoms with Crippen molar-refractivity contribution in [3.63, 3.8) is 0 Å². The highest BCUT2D eigenvalue weighted by Crippen LogP contribution is 2.25. The van der Waals surface area contributed by atoms with Crippen LogP contribution in [0.2, 0.25) is 0 Å². The third-order valence-corrected chi connectivity index (χ3v) is 3.19. The van der Waals surface area contributed by atoms with E-state index in [0.29, 0.717) is 6.54 Å². The molecule has 68 valence electrons. The van der Waals surface area contributed by atoms with Crippen molar-refractivity contribution in [2.24, 2.45) is 5.73 Å². The maximum atomic E-state index is 5.68. The van der Waals surface area contributed by atoms with Crippen LogP contribution in [0.15, 0.2) is 17.5 Å². The molecule has 0 saturated heterocycles. The van der Waals surface area contributed by atoms with E-state index in [-0.39, 0.29) is 5.54 Å². The summed E-state index contributed by atoms with van der Waals surface area (Å²) in [7, 11) is 2.08. The molecule has 12 heavy (non-hydrogen) atoms. The minimum Gasteiger partial charge on any atom is -0.360 e. The maximum Gasteiger partial charge on any atom is 0.0910 e. The molecule has 0 aliphatic rings. The maximum absolute atomic E-state index is 5.68. The summed E-state index contributed by atoms with van der Waals surface area (Å²) >= 11 is 1.74. The third kappa shape index (κ3) is 1.79. The van der Waals surface area contributed by atoms with E-state index in [1.54, 1.807) is 11.3 Å². The second kappa shape index (κ2) is 3.46. The van der Waals surface area contributed by atoms with Gasteiger partial charge in [-0.05, 0) is 31.4 Å². The Kier molecular flexibility index (Phi) is 2.75. The molecule has 2 nitrogen and oxygen atoms in total. The molecule has 0 unspecified atom stereocenters. The summed E-state index contributed by atoms with van der Waals surface area (Å²) in [4.78, 5) is 2.22. The average Bonchev–Trinajstić information content (AvgIpc) is 2.55. The standard InChI is InChI=1S/C9H16N2S/c1-9(2,7-10)11(3)8-5-4-6-12-8/h4-6H,7,10H2,1-3H3. The largest absolute Gasteiger partial charge is 0.360 e. The Morgan fingerprint density at radius 3 is 2.67 bits per heavy atom. The molecule has 3 heteroatoms. The fourth-order valence-corrected chi connectivity index (χ4v) is 1.75. The number of rotatable bonds is 3. The molecule has 1 heterocycles. The van der Waals surface area contributed by atoms with Gasteiger partial charge in [0.1, 0.15) is 0 Å². The van der Waals surface area contributed by atoms with Gasteiger partial charge >= 0.3 is 0 Å². The van der Waals surface area contributed by atoms with Crippen LogP contribution in [0, 0.1) is 0 Å². The van der Waals surface area contributed by atoms with Crippen LogP contribution in [0.1, 0.15) is 13.8 Å². The van der Waals surface area contributed by atoms with Crippen molar-refractivity contribution in [1.82, 2.24) is 0 Å². The first-order valence-electron chi connectivity index (χ1n) is 4.05. The van der Waals surface area contributed by atoms with Crippen molar-refractivity contribution in [2.75, 3.05) is 18.5 Å². The van der Waals surface area contributed by atoms with Crippen LogP contribution >= 0.6 is 11.3 Å². The van der Waals surface area contributed by atoms with Crippen LogP contribution in [0.5, 0.6) is 0 Å². The van der Waals surface area contributed by atoms with Gasteiger partial charge < -0.3 is 10.6 Å². The molecule has 2 N–H and O–H groups in total. The Hall–Kier alpha value is -0.540. The molecule has 0 fully saturated rings. The molecule has 1 rings (SSSR count). The second-order valence-electron chi connectivity index (χ2n) is 3.53. The Labute approximate surface area is 78.0 Å². The van der Waals surface area contributed by atoms with Gasteiger partial charge in [0.2, 0.25) is 0 Å². The van der Waals surface area contributed by atoms with Crippen molar-refractivity contribution in [3.8, 4) is 0 Å². The summed E-state index contributed by atoms with van der Waals surface area (Å²) in [6.07, 6.45) is 0. The van der Waals surface area contributed by atoms with E-state index < -0.39 is 0 Å². The van der Waals surface area contributed by atoms with Crippen LogP contribution in [0.25, 0.3) is 0 Å². The lowest BCUT2D eigenvalue weighted by Crippen LogP contribution is -2.46. The number of nitrogens with zero attached hydrogens (tertiary/aromatic N) is 1. The first-order valence-corrected chi connectivity index (χ1v) is 4.93. The highest BCUT2D eigenvalue weighted by molar-refractivity contribution is 7.14. The summed E-state index contributed by atoms with van der Waals surface area (Å²) in [6.45, 7) is 4.96. The van der Waals surface area contributed by atoms with Crippen LogP contribution in [0.4, 0.5) is 5.00 Å². The van der Waals surface area contributed by atoms with Gasteiger partial charge in [0, 0.05) is 19.1 Å². The Morgan fingerprint density at radius 2 is 2.25 bits per heavy atom. The van der Waals surface area contributed by atoms with Crippen molar-refractivity contribution in [2.45, 2.75) is 19.4 Å². The SMILES string of the molecule is CN(c1cccs1)C(C)(C)CN. The summed E-state index contributed by atoms with van der Waals surface area (Å²) in [6, 6.07) is 4.17. The van der Waals surface area contributed by atoms with E-state index in [4.69, 9.17) is 5.73 Å². The Balaban J connectivity index is 2.78. The Morgan fingerprint density at radius 1 is 1.58 bits per heavy atom. The van der Waals surface area contributed by atoms with Gasteiger partial charge in [0.05, 0.1) is 5.00 Å². The van der Waals surface area contributed by atoms with Crippen LogP contribution in [0.3, 0.4) is 0 Å². The molecule has 0 spiro atoms. The topological polar surface area (TPSA) is 29.3 Å². The van der Waals surface area contributed by atoms with Gasteiger partial charge in [-0.2, -0.15) is 0 Å². The van der Waals surface area contributed by atoms with Gasteiger partial charge in [0.25, 0.3) is 0 Å². The molecular formula is C9H16N2S. The fraction of sp³-hybridized carbons (Fsp3) is 0.556. The summed E-state index contributed by atoms with van der Waals surface area (Å²) in [5.41, 5.74) is 5.72. The quantitative estimate of drug-likeness (QED) is 0.777. The molecular weight excluding hydrogens is 168 g/mol. The third-order valence-electron chi connectivity index (χ3n) is 2.24. The molecule has 1 aromatic rings. The monoisotopic (exact) mass is 184 g/mol. The van der Waals surface area contributed by atoms with Gasteiger partial charge in [-0.1, -0.05) is 0 Å². The zero-order valence-corrected chi connectivity index (χ0v) is 8.69. The van der Waals surface area contributed by atoms with Crippen molar-refractivity contribution >= 4 is 16.3 Å². The highest BCUT2D eigenvalue weighted by Gasteiger charge is 2.21. The van der Waals surface area contributed by atoms with E-state index in [2.05, 4.69) is 43.3 Å². The van der Waals surface area contributed by atoms with Gasteiger partial charge in [-0.15, -0.1) is 11.3 Å². The minimum atomic E-state index is 0.0465. The summed E-state index contributed by atoms with van der Waals surface area (Å²) < 4.78 is 0. The summed E-state index contributed by atoms with van der Waals surface area (Å²) in [5.74, 6) is 0. The lowest BCUT2D eigenvalue weighted by Gasteiger charge is -2.35. The van der Waals surface area contributed by atoms with Crippen molar-refractivity contribution < 1.29 is 0 Å². The normalized spacial score (nSPS) is 11.7. The predicted octanol–water partition coefficient (Wildman–Crippen LogP) is 1.92. The molecule has 0 saturated carbocycles. The smallest absolute Gasteiger partial charge is 0.0910 e. The number of hydrogen-bond donors (Lipinski definition) is 1. The number of thiophene rings is 1.